The van der Waals surface area contributed by atoms with Crippen LogP contribution >= 0.6 is 0 Å². The van der Waals surface area contributed by atoms with Crippen LogP contribution in [0.25, 0.3) is 0 Å². The van der Waals surface area contributed by atoms with Gasteiger partial charge in [0, 0.05) is 11.3 Å². The molecule has 0 N–H and O–H groups in total. The Bertz CT molecular complexity index is 227. The minimum absolute atomic E-state index is 0.209. The Morgan fingerprint density at radius 2 is 1.50 bits per heavy atom. The lowest BCUT2D eigenvalue weighted by Gasteiger charge is -2.33. The zero-order valence-electron chi connectivity index (χ0n) is 12.5. The molecule has 0 aliphatic carbocycles. The molecule has 0 bridgehead atoms. The lowest BCUT2D eigenvalue weighted by molar-refractivity contribution is -0.133. The number of Topliss-reactive ketones (excluding diaryl/α,β-unsaturated/α-hetero) is 1. The van der Waals surface area contributed by atoms with Gasteiger partial charge < -0.3 is 0 Å². The molecule has 96 valence electrons. The topological polar surface area (TPSA) is 17.1 Å². The molecule has 1 nitrogen and oxygen atoms in total. The Kier molecular flexibility index (Phi) is 5.22. The number of ketones is 1. The fourth-order valence-corrected chi connectivity index (χ4v) is 2.05. The second-order valence-corrected chi connectivity index (χ2v) is 7.37. The van der Waals surface area contributed by atoms with E-state index < -0.39 is 0 Å². The van der Waals surface area contributed by atoms with Crippen LogP contribution in [0.1, 0.15) is 68.2 Å². The maximum absolute atomic E-state index is 12.4. The highest BCUT2D eigenvalue weighted by Gasteiger charge is 2.34. The zero-order chi connectivity index (χ0) is 13.1. The van der Waals surface area contributed by atoms with Crippen LogP contribution in [0.4, 0.5) is 0 Å². The van der Waals surface area contributed by atoms with Gasteiger partial charge >= 0.3 is 0 Å². The molecule has 0 rings (SSSR count). The summed E-state index contributed by atoms with van der Waals surface area (Å²) in [5.74, 6) is 1.13. The molecule has 16 heavy (non-hydrogen) atoms. The summed E-state index contributed by atoms with van der Waals surface area (Å²) in [5, 5.41) is 0. The lowest BCUT2D eigenvalue weighted by atomic mass is 9.70. The SMILES string of the molecule is CCC(C)[C@H](CC(C)(C)C)C(=O)C(C)(C)C. The van der Waals surface area contributed by atoms with Crippen LogP contribution in [-0.4, -0.2) is 5.78 Å². The summed E-state index contributed by atoms with van der Waals surface area (Å²) in [6.45, 7) is 17.2. The van der Waals surface area contributed by atoms with Crippen molar-refractivity contribution in [3.05, 3.63) is 0 Å². The van der Waals surface area contributed by atoms with Crippen molar-refractivity contribution in [3.8, 4) is 0 Å². The molecule has 0 saturated carbocycles. The third-order valence-electron chi connectivity index (χ3n) is 3.24. The minimum Gasteiger partial charge on any atom is -0.299 e. The monoisotopic (exact) mass is 226 g/mol. The first kappa shape index (κ1) is 15.7. The predicted octanol–water partition coefficient (Wildman–Crippen LogP) is 4.70. The van der Waals surface area contributed by atoms with E-state index in [1.165, 1.54) is 0 Å². The van der Waals surface area contributed by atoms with E-state index in [4.69, 9.17) is 0 Å². The molecule has 0 aromatic heterocycles. The van der Waals surface area contributed by atoms with Crippen LogP contribution in [0.5, 0.6) is 0 Å². The maximum Gasteiger partial charge on any atom is 0.141 e. The van der Waals surface area contributed by atoms with Gasteiger partial charge in [0.05, 0.1) is 0 Å². The number of hydrogen-bond donors (Lipinski definition) is 0. The number of rotatable bonds is 4. The molecule has 0 aromatic rings. The van der Waals surface area contributed by atoms with Gasteiger partial charge in [-0.05, 0) is 17.8 Å². The van der Waals surface area contributed by atoms with Crippen LogP contribution in [0.3, 0.4) is 0 Å². The third kappa shape index (κ3) is 5.14. The van der Waals surface area contributed by atoms with E-state index >= 15 is 0 Å². The van der Waals surface area contributed by atoms with Gasteiger partial charge in [-0.25, -0.2) is 0 Å². The second kappa shape index (κ2) is 5.33. The molecule has 2 atom stereocenters. The van der Waals surface area contributed by atoms with Crippen molar-refractivity contribution >= 4 is 5.78 Å². The zero-order valence-corrected chi connectivity index (χ0v) is 12.5. The Hall–Kier alpha value is -0.330. The summed E-state index contributed by atoms with van der Waals surface area (Å²) in [6.07, 6.45) is 2.08. The van der Waals surface area contributed by atoms with Crippen molar-refractivity contribution in [2.45, 2.75) is 68.2 Å². The molecule has 1 unspecified atom stereocenters. The average Bonchev–Trinajstić information content (AvgIpc) is 2.09. The normalized spacial score (nSPS) is 17.0. The Labute approximate surface area is 102 Å². The van der Waals surface area contributed by atoms with Gasteiger partial charge in [-0.15, -0.1) is 0 Å². The van der Waals surface area contributed by atoms with Gasteiger partial charge in [0.1, 0.15) is 5.78 Å². The molecule has 0 aliphatic heterocycles. The number of carbonyl (C=O) groups is 1. The standard InChI is InChI=1S/C15H30O/c1-9-11(2)12(10-14(3,4)5)13(16)15(6,7)8/h11-12H,9-10H2,1-8H3/t11?,12-/m0/s1. The van der Waals surface area contributed by atoms with E-state index in [0.29, 0.717) is 11.7 Å². The lowest BCUT2D eigenvalue weighted by Crippen LogP contribution is -2.34. The molecule has 1 heteroatoms. The summed E-state index contributed by atoms with van der Waals surface area (Å²) < 4.78 is 0. The Balaban J connectivity index is 4.89. The van der Waals surface area contributed by atoms with Gasteiger partial charge in [0.25, 0.3) is 0 Å². The molecule has 0 heterocycles. The van der Waals surface area contributed by atoms with Crippen LogP contribution in [0.15, 0.2) is 0 Å². The molecule has 0 spiro atoms. The van der Waals surface area contributed by atoms with E-state index in [0.717, 1.165) is 12.8 Å². The van der Waals surface area contributed by atoms with Crippen molar-refractivity contribution in [3.63, 3.8) is 0 Å². The van der Waals surface area contributed by atoms with Gasteiger partial charge in [0.2, 0.25) is 0 Å². The molecular formula is C15H30O. The van der Waals surface area contributed by atoms with E-state index in [2.05, 4.69) is 34.6 Å². The highest BCUT2D eigenvalue weighted by molar-refractivity contribution is 5.86. The summed E-state index contributed by atoms with van der Waals surface area (Å²) in [6, 6.07) is 0. The predicted molar refractivity (Wildman–Crippen MR) is 71.5 cm³/mol. The van der Waals surface area contributed by atoms with Crippen LogP contribution in [0.2, 0.25) is 0 Å². The largest absolute Gasteiger partial charge is 0.299 e. The van der Waals surface area contributed by atoms with Crippen molar-refractivity contribution in [2.24, 2.45) is 22.7 Å². The van der Waals surface area contributed by atoms with Crippen molar-refractivity contribution < 1.29 is 4.79 Å². The molecule has 0 amide bonds. The highest BCUT2D eigenvalue weighted by atomic mass is 16.1. The number of carbonyl (C=O) groups excluding carboxylic acids is 1. The fourth-order valence-electron chi connectivity index (χ4n) is 2.05. The van der Waals surface area contributed by atoms with Crippen LogP contribution < -0.4 is 0 Å². The first-order valence-electron chi connectivity index (χ1n) is 6.53. The summed E-state index contributed by atoms with van der Waals surface area (Å²) >= 11 is 0. The maximum atomic E-state index is 12.4. The van der Waals surface area contributed by atoms with Gasteiger partial charge in [-0.3, -0.25) is 4.79 Å². The third-order valence-corrected chi connectivity index (χ3v) is 3.24. The first-order valence-corrected chi connectivity index (χ1v) is 6.53. The smallest absolute Gasteiger partial charge is 0.141 e. The van der Waals surface area contributed by atoms with Gasteiger partial charge in [-0.2, -0.15) is 0 Å². The fraction of sp³-hybridized carbons (Fsp3) is 0.933. The molecule has 0 aliphatic rings. The minimum atomic E-state index is -0.209. The average molecular weight is 226 g/mol. The van der Waals surface area contributed by atoms with Gasteiger partial charge in [0.15, 0.2) is 0 Å². The Morgan fingerprint density at radius 1 is 1.06 bits per heavy atom. The van der Waals surface area contributed by atoms with Crippen LogP contribution in [0, 0.1) is 22.7 Å². The van der Waals surface area contributed by atoms with E-state index in [-0.39, 0.29) is 16.7 Å². The Morgan fingerprint density at radius 3 is 1.75 bits per heavy atom. The van der Waals surface area contributed by atoms with Gasteiger partial charge in [-0.1, -0.05) is 61.8 Å². The van der Waals surface area contributed by atoms with E-state index in [1.54, 1.807) is 0 Å². The highest BCUT2D eigenvalue weighted by Crippen LogP contribution is 2.35. The second-order valence-electron chi connectivity index (χ2n) is 7.37. The first-order chi connectivity index (χ1) is 6.99. The molecule has 0 fully saturated rings. The summed E-state index contributed by atoms with van der Waals surface area (Å²) in [4.78, 5) is 12.4. The summed E-state index contributed by atoms with van der Waals surface area (Å²) in [7, 11) is 0. The summed E-state index contributed by atoms with van der Waals surface area (Å²) in [5.41, 5.74) is 0.0222. The molecule has 0 radical (unpaired) electrons. The van der Waals surface area contributed by atoms with Crippen molar-refractivity contribution in [2.75, 3.05) is 0 Å². The number of hydrogen-bond acceptors (Lipinski definition) is 1. The molecule has 0 aromatic carbocycles. The van der Waals surface area contributed by atoms with Crippen molar-refractivity contribution in [1.29, 1.82) is 0 Å². The quantitative estimate of drug-likeness (QED) is 0.679. The van der Waals surface area contributed by atoms with E-state index in [9.17, 15) is 4.79 Å². The molecule has 0 saturated heterocycles. The molecular weight excluding hydrogens is 196 g/mol. The van der Waals surface area contributed by atoms with E-state index in [1.807, 2.05) is 20.8 Å². The van der Waals surface area contributed by atoms with Crippen LogP contribution in [-0.2, 0) is 4.79 Å². The van der Waals surface area contributed by atoms with Crippen molar-refractivity contribution in [1.82, 2.24) is 0 Å².